The van der Waals surface area contributed by atoms with Crippen LogP contribution in [0.2, 0.25) is 0 Å². The standard InChI is InChI=1S/C15H16N2O/c1-11-10-13(18)17-14(16-11)15(8-5-9-15)12-6-3-2-4-7-12/h2-4,6-7,10H,5,8-9H2,1H3,(H,16,17,18). The van der Waals surface area contributed by atoms with Crippen molar-refractivity contribution in [2.45, 2.75) is 31.6 Å². The Balaban J connectivity index is 2.15. The molecule has 0 aliphatic heterocycles. The van der Waals surface area contributed by atoms with Crippen molar-refractivity contribution in [1.29, 1.82) is 0 Å². The fourth-order valence-corrected chi connectivity index (χ4v) is 2.76. The molecule has 0 bridgehead atoms. The summed E-state index contributed by atoms with van der Waals surface area (Å²) in [6.45, 7) is 1.87. The molecule has 3 nitrogen and oxygen atoms in total. The van der Waals surface area contributed by atoms with Gasteiger partial charge < -0.3 is 4.98 Å². The summed E-state index contributed by atoms with van der Waals surface area (Å²) < 4.78 is 0. The second-order valence-corrected chi connectivity index (χ2v) is 5.04. The van der Waals surface area contributed by atoms with Crippen molar-refractivity contribution in [3.63, 3.8) is 0 Å². The van der Waals surface area contributed by atoms with E-state index >= 15 is 0 Å². The number of aromatic amines is 1. The van der Waals surface area contributed by atoms with E-state index in [1.54, 1.807) is 6.07 Å². The third kappa shape index (κ3) is 1.67. The number of benzene rings is 1. The van der Waals surface area contributed by atoms with Gasteiger partial charge >= 0.3 is 0 Å². The average Bonchev–Trinajstić information content (AvgIpc) is 2.27. The van der Waals surface area contributed by atoms with Crippen molar-refractivity contribution in [2.75, 3.05) is 0 Å². The molecule has 3 heteroatoms. The highest BCUT2D eigenvalue weighted by atomic mass is 16.1. The quantitative estimate of drug-likeness (QED) is 0.876. The zero-order valence-electron chi connectivity index (χ0n) is 10.4. The summed E-state index contributed by atoms with van der Waals surface area (Å²) in [6.07, 6.45) is 3.30. The summed E-state index contributed by atoms with van der Waals surface area (Å²) in [7, 11) is 0. The summed E-state index contributed by atoms with van der Waals surface area (Å²) >= 11 is 0. The minimum atomic E-state index is -0.0769. The number of rotatable bonds is 2. The van der Waals surface area contributed by atoms with Gasteiger partial charge in [-0.3, -0.25) is 4.79 Å². The van der Waals surface area contributed by atoms with Crippen LogP contribution in [0.25, 0.3) is 0 Å². The minimum Gasteiger partial charge on any atom is -0.310 e. The van der Waals surface area contributed by atoms with Crippen molar-refractivity contribution in [2.24, 2.45) is 0 Å². The predicted octanol–water partition coefficient (Wildman–Crippen LogP) is 2.55. The fourth-order valence-electron chi connectivity index (χ4n) is 2.76. The first kappa shape index (κ1) is 11.2. The topological polar surface area (TPSA) is 45.8 Å². The number of nitrogens with zero attached hydrogens (tertiary/aromatic N) is 1. The van der Waals surface area contributed by atoms with Crippen LogP contribution in [-0.4, -0.2) is 9.97 Å². The van der Waals surface area contributed by atoms with Crippen LogP contribution >= 0.6 is 0 Å². The van der Waals surface area contributed by atoms with E-state index in [1.165, 1.54) is 12.0 Å². The summed E-state index contributed by atoms with van der Waals surface area (Å²) in [5.74, 6) is 0.824. The molecular formula is C15H16N2O. The Bertz CT molecular complexity index is 612. The van der Waals surface area contributed by atoms with E-state index in [0.29, 0.717) is 0 Å². The lowest BCUT2D eigenvalue weighted by Gasteiger charge is -2.41. The predicted molar refractivity (Wildman–Crippen MR) is 70.7 cm³/mol. The molecule has 0 radical (unpaired) electrons. The van der Waals surface area contributed by atoms with Crippen molar-refractivity contribution >= 4 is 0 Å². The second-order valence-electron chi connectivity index (χ2n) is 5.04. The van der Waals surface area contributed by atoms with Crippen LogP contribution < -0.4 is 5.56 Å². The van der Waals surface area contributed by atoms with Crippen LogP contribution in [0.5, 0.6) is 0 Å². The van der Waals surface area contributed by atoms with Gasteiger partial charge in [0.25, 0.3) is 5.56 Å². The molecule has 1 N–H and O–H groups in total. The van der Waals surface area contributed by atoms with Crippen LogP contribution in [0.3, 0.4) is 0 Å². The Morgan fingerprint density at radius 2 is 1.94 bits per heavy atom. The zero-order valence-corrected chi connectivity index (χ0v) is 10.4. The van der Waals surface area contributed by atoms with Crippen LogP contribution in [0.4, 0.5) is 0 Å². The Morgan fingerprint density at radius 3 is 2.50 bits per heavy atom. The Labute approximate surface area is 106 Å². The van der Waals surface area contributed by atoms with E-state index in [-0.39, 0.29) is 11.0 Å². The van der Waals surface area contributed by atoms with E-state index in [2.05, 4.69) is 22.1 Å². The van der Waals surface area contributed by atoms with Crippen LogP contribution in [0.1, 0.15) is 36.3 Å². The van der Waals surface area contributed by atoms with Gasteiger partial charge in [-0.2, -0.15) is 0 Å². The number of H-pyrrole nitrogens is 1. The van der Waals surface area contributed by atoms with Gasteiger partial charge in [0.05, 0.1) is 5.41 Å². The van der Waals surface area contributed by atoms with E-state index in [1.807, 2.05) is 25.1 Å². The number of aryl methyl sites for hydroxylation is 1. The van der Waals surface area contributed by atoms with Crippen LogP contribution in [0.15, 0.2) is 41.2 Å². The number of aromatic nitrogens is 2. The summed E-state index contributed by atoms with van der Waals surface area (Å²) in [4.78, 5) is 19.1. The lowest BCUT2D eigenvalue weighted by atomic mass is 9.64. The SMILES string of the molecule is Cc1cc(=O)[nH]c(C2(c3ccccc3)CCC2)n1. The molecule has 0 unspecified atom stereocenters. The smallest absolute Gasteiger partial charge is 0.251 e. The normalized spacial score (nSPS) is 17.2. The third-order valence-electron chi connectivity index (χ3n) is 3.86. The molecule has 0 atom stereocenters. The van der Waals surface area contributed by atoms with E-state index in [4.69, 9.17) is 0 Å². The second kappa shape index (κ2) is 4.09. The zero-order chi connectivity index (χ0) is 12.6. The van der Waals surface area contributed by atoms with Crippen molar-refractivity contribution < 1.29 is 0 Å². The third-order valence-corrected chi connectivity index (χ3v) is 3.86. The molecule has 0 saturated heterocycles. The van der Waals surface area contributed by atoms with Gasteiger partial charge in [-0.25, -0.2) is 4.98 Å². The molecule has 0 amide bonds. The maximum absolute atomic E-state index is 11.6. The number of hydrogen-bond donors (Lipinski definition) is 1. The Kier molecular flexibility index (Phi) is 2.54. The molecule has 92 valence electrons. The van der Waals surface area contributed by atoms with Crippen LogP contribution in [-0.2, 0) is 5.41 Å². The van der Waals surface area contributed by atoms with Gasteiger partial charge in [0.15, 0.2) is 0 Å². The molecule has 1 saturated carbocycles. The Hall–Kier alpha value is -1.90. The van der Waals surface area contributed by atoms with Gasteiger partial charge in [-0.05, 0) is 25.3 Å². The lowest BCUT2D eigenvalue weighted by Crippen LogP contribution is -2.38. The Morgan fingerprint density at radius 1 is 1.22 bits per heavy atom. The van der Waals surface area contributed by atoms with Gasteiger partial charge in [0, 0.05) is 11.8 Å². The summed E-state index contributed by atoms with van der Waals surface area (Å²) in [5.41, 5.74) is 1.91. The van der Waals surface area contributed by atoms with Crippen LogP contribution in [0, 0.1) is 6.92 Å². The van der Waals surface area contributed by atoms with Crippen molar-refractivity contribution in [1.82, 2.24) is 9.97 Å². The largest absolute Gasteiger partial charge is 0.310 e. The first-order valence-electron chi connectivity index (χ1n) is 6.35. The fraction of sp³-hybridized carbons (Fsp3) is 0.333. The molecule has 1 fully saturated rings. The summed E-state index contributed by atoms with van der Waals surface area (Å²) in [5, 5.41) is 0. The minimum absolute atomic E-state index is 0.0558. The molecule has 0 spiro atoms. The monoisotopic (exact) mass is 240 g/mol. The maximum atomic E-state index is 11.6. The van der Waals surface area contributed by atoms with Gasteiger partial charge in [0.2, 0.25) is 0 Å². The van der Waals surface area contributed by atoms with E-state index in [0.717, 1.165) is 24.4 Å². The molecule has 1 aromatic heterocycles. The average molecular weight is 240 g/mol. The maximum Gasteiger partial charge on any atom is 0.251 e. The molecule has 1 aliphatic carbocycles. The first-order chi connectivity index (χ1) is 8.71. The van der Waals surface area contributed by atoms with E-state index < -0.39 is 0 Å². The van der Waals surface area contributed by atoms with E-state index in [9.17, 15) is 4.79 Å². The molecule has 1 aromatic carbocycles. The van der Waals surface area contributed by atoms with Crippen molar-refractivity contribution in [3.8, 4) is 0 Å². The first-order valence-corrected chi connectivity index (χ1v) is 6.35. The highest BCUT2D eigenvalue weighted by Crippen LogP contribution is 2.47. The number of nitrogens with one attached hydrogen (secondary N) is 1. The molecule has 1 heterocycles. The number of hydrogen-bond acceptors (Lipinski definition) is 2. The van der Waals surface area contributed by atoms with Gasteiger partial charge in [-0.15, -0.1) is 0 Å². The molecule has 1 aliphatic rings. The molecule has 18 heavy (non-hydrogen) atoms. The summed E-state index contributed by atoms with van der Waals surface area (Å²) in [6, 6.07) is 11.9. The lowest BCUT2D eigenvalue weighted by molar-refractivity contribution is 0.284. The van der Waals surface area contributed by atoms with Gasteiger partial charge in [-0.1, -0.05) is 36.8 Å². The molecule has 2 aromatic rings. The highest BCUT2D eigenvalue weighted by molar-refractivity contribution is 5.35. The highest BCUT2D eigenvalue weighted by Gasteiger charge is 2.42. The van der Waals surface area contributed by atoms with Crippen molar-refractivity contribution in [3.05, 3.63) is 63.8 Å². The molecular weight excluding hydrogens is 224 g/mol. The molecule has 3 rings (SSSR count). The van der Waals surface area contributed by atoms with Gasteiger partial charge in [0.1, 0.15) is 5.82 Å².